The average molecular weight is 547 g/mol. The minimum absolute atomic E-state index is 0.0513. The summed E-state index contributed by atoms with van der Waals surface area (Å²) >= 11 is 0. The van der Waals surface area contributed by atoms with Crippen molar-refractivity contribution in [2.45, 2.75) is 123 Å². The van der Waals surface area contributed by atoms with E-state index in [1.165, 1.54) is 82.7 Å². The Morgan fingerprint density at radius 1 is 0.875 bits per heavy atom. The number of nitrogens with one attached hydrogen (secondary N) is 1. The lowest BCUT2D eigenvalue weighted by atomic mass is 9.64. The minimum atomic E-state index is 0.0513. The number of quaternary nitrogens is 1. The van der Waals surface area contributed by atoms with Crippen LogP contribution >= 0.6 is 0 Å². The molecular weight excluding hydrogens is 492 g/mol. The first-order valence-electron chi connectivity index (χ1n) is 17.3. The quantitative estimate of drug-likeness (QED) is 0.474. The number of likely N-dealkylation sites (tertiary alicyclic amines) is 2. The number of nitrogens with zero attached hydrogens (tertiary/aromatic N) is 1. The van der Waals surface area contributed by atoms with Crippen LogP contribution in [0.4, 0.5) is 0 Å². The van der Waals surface area contributed by atoms with Gasteiger partial charge in [0.2, 0.25) is 0 Å². The summed E-state index contributed by atoms with van der Waals surface area (Å²) in [6, 6.07) is 1.62. The van der Waals surface area contributed by atoms with Crippen molar-refractivity contribution in [1.82, 2.24) is 4.90 Å². The van der Waals surface area contributed by atoms with Gasteiger partial charge in [-0.3, -0.25) is 9.69 Å². The average Bonchev–Trinajstić information content (AvgIpc) is 3.40. The Morgan fingerprint density at radius 3 is 2.25 bits per heavy atom. The van der Waals surface area contributed by atoms with Crippen LogP contribution in [-0.4, -0.2) is 41.9 Å². The van der Waals surface area contributed by atoms with Gasteiger partial charge in [0.25, 0.3) is 0 Å². The predicted molar refractivity (Wildman–Crippen MR) is 158 cm³/mol. The Bertz CT molecular complexity index is 1100. The molecule has 10 unspecified atom stereocenters. The van der Waals surface area contributed by atoms with E-state index in [4.69, 9.17) is 0 Å². The Morgan fingerprint density at radius 2 is 1.55 bits per heavy atom. The number of allylic oxidation sites excluding steroid dienone is 4. The molecule has 2 saturated heterocycles. The van der Waals surface area contributed by atoms with Crippen molar-refractivity contribution in [2.24, 2.45) is 47.3 Å². The third-order valence-electron chi connectivity index (χ3n) is 12.6. The smallest absolute Gasteiger partial charge is 0.191 e. The highest BCUT2D eigenvalue weighted by Crippen LogP contribution is 2.54. The Hall–Kier alpha value is -1.39. The lowest BCUT2D eigenvalue weighted by molar-refractivity contribution is -0.884. The van der Waals surface area contributed by atoms with Crippen LogP contribution < -0.4 is 10.0 Å². The third kappa shape index (κ3) is 4.41. The van der Waals surface area contributed by atoms with Gasteiger partial charge in [0.05, 0.1) is 12.6 Å². The zero-order valence-electron chi connectivity index (χ0n) is 25.7. The van der Waals surface area contributed by atoms with Crippen LogP contribution in [0.2, 0.25) is 0 Å². The topological polar surface area (TPSA) is 47.8 Å². The molecule has 7 rings (SSSR count). The van der Waals surface area contributed by atoms with E-state index in [2.05, 4.69) is 44.7 Å². The first-order chi connectivity index (χ1) is 19.3. The summed E-state index contributed by atoms with van der Waals surface area (Å²) in [6.45, 7) is 11.5. The zero-order chi connectivity index (χ0) is 27.7. The maximum Gasteiger partial charge on any atom is 0.191 e. The number of ketones is 1. The Balaban J connectivity index is 1.21. The molecule has 0 aromatic rings. The third-order valence-corrected chi connectivity index (χ3v) is 12.6. The van der Waals surface area contributed by atoms with Crippen molar-refractivity contribution in [3.05, 3.63) is 34.8 Å². The van der Waals surface area contributed by atoms with Crippen LogP contribution in [0.1, 0.15) is 105 Å². The van der Waals surface area contributed by atoms with Crippen LogP contribution in [-0.2, 0) is 4.79 Å². The fourth-order valence-electron chi connectivity index (χ4n) is 11.4. The van der Waals surface area contributed by atoms with Gasteiger partial charge >= 0.3 is 0 Å². The first kappa shape index (κ1) is 27.4. The molecule has 220 valence electrons. The van der Waals surface area contributed by atoms with E-state index < -0.39 is 0 Å². The zero-order valence-corrected chi connectivity index (χ0v) is 25.7. The van der Waals surface area contributed by atoms with Gasteiger partial charge in [-0.25, -0.2) is 0 Å². The van der Waals surface area contributed by atoms with E-state index in [1.807, 2.05) is 0 Å². The molecule has 2 aliphatic heterocycles. The van der Waals surface area contributed by atoms with E-state index >= 15 is 0 Å². The number of hydrogen-bond acceptors (Lipinski definition) is 3. The van der Waals surface area contributed by atoms with Crippen molar-refractivity contribution in [2.75, 3.05) is 13.1 Å². The van der Waals surface area contributed by atoms with E-state index in [-0.39, 0.29) is 17.6 Å². The second-order valence-electron chi connectivity index (χ2n) is 15.8. The highest BCUT2D eigenvalue weighted by atomic mass is 16.3. The summed E-state index contributed by atoms with van der Waals surface area (Å²) in [6.07, 6.45) is 20.3. The van der Waals surface area contributed by atoms with Crippen LogP contribution in [0.5, 0.6) is 0 Å². The minimum Gasteiger partial charge on any atom is -0.871 e. The first-order valence-corrected chi connectivity index (χ1v) is 17.3. The number of rotatable bonds is 6. The van der Waals surface area contributed by atoms with Gasteiger partial charge in [-0.15, -0.1) is 0 Å². The molecule has 4 heteroatoms. The van der Waals surface area contributed by atoms with E-state index in [9.17, 15) is 9.90 Å². The molecule has 2 heterocycles. The predicted octanol–water partition coefficient (Wildman–Crippen LogP) is 5.06. The molecule has 40 heavy (non-hydrogen) atoms. The molecule has 1 N–H and O–H groups in total. The highest BCUT2D eigenvalue weighted by molar-refractivity contribution is 6.20. The monoisotopic (exact) mass is 546 g/mol. The maximum absolute atomic E-state index is 13.8. The van der Waals surface area contributed by atoms with Crippen molar-refractivity contribution in [1.29, 1.82) is 0 Å². The summed E-state index contributed by atoms with van der Waals surface area (Å²) in [5.41, 5.74) is 2.46. The number of Topliss-reactive ketones (excluding diaryl/α,β-unsaturated/α-hetero) is 1. The van der Waals surface area contributed by atoms with Gasteiger partial charge in [0.1, 0.15) is 5.70 Å². The normalized spacial score (nSPS) is 45.0. The van der Waals surface area contributed by atoms with Crippen molar-refractivity contribution >= 4 is 5.78 Å². The Labute approximate surface area is 243 Å². The van der Waals surface area contributed by atoms with E-state index in [1.54, 1.807) is 4.90 Å². The maximum atomic E-state index is 13.8. The number of carbonyl (C=O) groups excluding carboxylic acids is 1. The molecule has 0 aromatic heterocycles. The van der Waals surface area contributed by atoms with Gasteiger partial charge < -0.3 is 10.0 Å². The summed E-state index contributed by atoms with van der Waals surface area (Å²) < 4.78 is 0. The van der Waals surface area contributed by atoms with Gasteiger partial charge in [0.15, 0.2) is 5.78 Å². The van der Waals surface area contributed by atoms with E-state index in [0.717, 1.165) is 36.8 Å². The lowest BCUT2D eigenvalue weighted by Crippen LogP contribution is -3.13. The molecule has 7 aliphatic rings. The molecule has 0 radical (unpaired) electrons. The summed E-state index contributed by atoms with van der Waals surface area (Å²) in [5.74, 6) is 5.78. The molecule has 5 aliphatic carbocycles. The fourth-order valence-corrected chi connectivity index (χ4v) is 11.4. The standard InChI is InChI=1S/C36H54N2O2/c1-21(2)19-37-29-15-7-11-23-9-5-13-25(33(23)29)31(37)17-27-35(39)28(36(27)40)18-32-26-14-6-10-24-12-8-16-30(34(24)26)38(32)20-22(3)4/h17-18,21-26,29-31,33-34,39H,5-16,19-20H2,1-4H3/b27-17-,32-18+. The Kier molecular flexibility index (Phi) is 7.35. The van der Waals surface area contributed by atoms with Crippen molar-refractivity contribution in [3.8, 4) is 0 Å². The van der Waals surface area contributed by atoms with E-state index in [0.29, 0.717) is 46.9 Å². The second-order valence-corrected chi connectivity index (χ2v) is 15.8. The molecule has 0 bridgehead atoms. The largest absolute Gasteiger partial charge is 0.871 e. The molecule has 0 spiro atoms. The van der Waals surface area contributed by atoms with Crippen molar-refractivity contribution in [3.63, 3.8) is 0 Å². The van der Waals surface area contributed by atoms with Crippen LogP contribution in [0.3, 0.4) is 0 Å². The van der Waals surface area contributed by atoms with Gasteiger partial charge in [-0.05, 0) is 68.1 Å². The second kappa shape index (κ2) is 10.7. The number of carbonyl (C=O) groups is 1. The van der Waals surface area contributed by atoms with Gasteiger partial charge in [0, 0.05) is 60.0 Å². The summed E-state index contributed by atoms with van der Waals surface area (Å²) in [5, 5.41) is 13.8. The van der Waals surface area contributed by atoms with Crippen LogP contribution in [0.15, 0.2) is 34.8 Å². The van der Waals surface area contributed by atoms with Gasteiger partial charge in [-0.2, -0.15) is 0 Å². The summed E-state index contributed by atoms with van der Waals surface area (Å²) in [4.78, 5) is 18.2. The molecule has 10 atom stereocenters. The highest BCUT2D eigenvalue weighted by Gasteiger charge is 2.56. The van der Waals surface area contributed by atoms with Crippen LogP contribution in [0, 0.1) is 47.3 Å². The van der Waals surface area contributed by atoms with Crippen LogP contribution in [0.25, 0.3) is 0 Å². The fraction of sp³-hybridized carbons (Fsp3) is 0.806. The van der Waals surface area contributed by atoms with Crippen molar-refractivity contribution < 1.29 is 14.8 Å². The summed E-state index contributed by atoms with van der Waals surface area (Å²) in [7, 11) is 0. The SMILES string of the molecule is CC(C)CN1C(/C=C2\C(=O)C(/C=C3\C4CCCC5CCCC(C54)[NH+]3CC(C)C)=C2[O-])C2CCCC3CCCC1C32. The molecule has 4 nitrogen and oxygen atoms in total. The molecule has 6 fully saturated rings. The lowest BCUT2D eigenvalue weighted by Gasteiger charge is -2.41. The van der Waals surface area contributed by atoms with Gasteiger partial charge in [-0.1, -0.05) is 71.6 Å². The molecular formula is C36H54N2O2. The molecule has 4 saturated carbocycles. The molecule has 0 aromatic carbocycles. The molecule has 0 amide bonds. The number of hydrogen-bond donors (Lipinski definition) is 1.